The van der Waals surface area contributed by atoms with Crippen LogP contribution in [0, 0.1) is 11.6 Å². The zero-order valence-corrected chi connectivity index (χ0v) is 14.2. The van der Waals surface area contributed by atoms with Gasteiger partial charge in [-0.1, -0.05) is 0 Å². The Morgan fingerprint density at radius 2 is 1.96 bits per heavy atom. The fraction of sp³-hybridized carbons (Fsp3) is 0.0714. The number of hydrogen-bond donors (Lipinski definition) is 2. The molecule has 0 amide bonds. The van der Waals surface area contributed by atoms with Crippen molar-refractivity contribution in [3.63, 3.8) is 0 Å². The van der Waals surface area contributed by atoms with Crippen LogP contribution in [0.25, 0.3) is 11.4 Å². The lowest BCUT2D eigenvalue weighted by atomic mass is 10.3. The van der Waals surface area contributed by atoms with E-state index in [1.807, 2.05) is 4.72 Å². The van der Waals surface area contributed by atoms with E-state index >= 15 is 0 Å². The highest BCUT2D eigenvalue weighted by atomic mass is 32.2. The number of H-pyrrole nitrogens is 1. The van der Waals surface area contributed by atoms with Crippen LogP contribution in [0.3, 0.4) is 0 Å². The summed E-state index contributed by atoms with van der Waals surface area (Å²) in [6.45, 7) is -3.35. The van der Waals surface area contributed by atoms with Gasteiger partial charge in [0, 0.05) is 23.7 Å². The number of anilines is 1. The smallest absolute Gasteiger partial charge is 0.387 e. The number of halogens is 4. The molecule has 0 aliphatic heterocycles. The van der Waals surface area contributed by atoms with Crippen LogP contribution in [0.5, 0.6) is 5.75 Å². The Kier molecular flexibility index (Phi) is 4.87. The van der Waals surface area contributed by atoms with E-state index in [2.05, 4.69) is 14.1 Å². The largest absolute Gasteiger partial charge is 0.432 e. The molecule has 3 aromatic rings. The van der Waals surface area contributed by atoms with Crippen molar-refractivity contribution >= 4 is 27.2 Å². The van der Waals surface area contributed by atoms with Crippen LogP contribution in [-0.2, 0) is 10.0 Å². The zero-order valence-electron chi connectivity index (χ0n) is 12.5. The average molecular weight is 407 g/mol. The molecule has 1 aromatic carbocycles. The maximum atomic E-state index is 13.9. The zero-order chi connectivity index (χ0) is 18.9. The Hall–Kier alpha value is -2.60. The lowest BCUT2D eigenvalue weighted by Crippen LogP contribution is -2.14. The van der Waals surface area contributed by atoms with Gasteiger partial charge >= 0.3 is 6.61 Å². The number of sulfonamides is 1. The SMILES string of the molecule is O=S(=O)(Nc1cc(F)c(OC(F)F)cc1F)c1c[nH]c(-c2ccsn2)c1. The second kappa shape index (κ2) is 6.96. The quantitative estimate of drug-likeness (QED) is 0.609. The van der Waals surface area contributed by atoms with Gasteiger partial charge < -0.3 is 9.72 Å². The van der Waals surface area contributed by atoms with Crippen LogP contribution in [-0.4, -0.2) is 24.4 Å². The molecule has 0 saturated carbocycles. The molecule has 138 valence electrons. The van der Waals surface area contributed by atoms with Gasteiger partial charge in [-0.15, -0.1) is 0 Å². The summed E-state index contributed by atoms with van der Waals surface area (Å²) in [5.41, 5.74) is 0.182. The predicted molar refractivity (Wildman–Crippen MR) is 85.7 cm³/mol. The number of aromatic amines is 1. The normalized spacial score (nSPS) is 11.7. The molecule has 0 fully saturated rings. The van der Waals surface area contributed by atoms with Crippen molar-refractivity contribution < 1.29 is 30.7 Å². The first-order valence-corrected chi connectivity index (χ1v) is 9.14. The van der Waals surface area contributed by atoms with E-state index in [1.165, 1.54) is 17.6 Å². The van der Waals surface area contributed by atoms with E-state index in [0.29, 0.717) is 23.5 Å². The topological polar surface area (TPSA) is 84.1 Å². The van der Waals surface area contributed by atoms with Gasteiger partial charge in [-0.25, -0.2) is 17.2 Å². The standard InChI is InChI=1S/C14H9F4N3O3S2/c15-8-5-13(24-14(17)18)9(16)4-11(8)21-26(22,23)7-3-12(19-6-7)10-1-2-25-20-10/h1-6,14,19,21H. The molecule has 26 heavy (non-hydrogen) atoms. The maximum absolute atomic E-state index is 13.9. The molecular weight excluding hydrogens is 398 g/mol. The summed E-state index contributed by atoms with van der Waals surface area (Å²) in [6.07, 6.45) is 1.15. The van der Waals surface area contributed by atoms with Gasteiger partial charge in [-0.2, -0.15) is 13.2 Å². The Labute approximate surface area is 148 Å². The van der Waals surface area contributed by atoms with Crippen LogP contribution in [0.2, 0.25) is 0 Å². The molecule has 2 aromatic heterocycles. The Bertz CT molecular complexity index is 1020. The van der Waals surface area contributed by atoms with Crippen molar-refractivity contribution in [2.24, 2.45) is 0 Å². The highest BCUT2D eigenvalue weighted by Crippen LogP contribution is 2.28. The first-order valence-electron chi connectivity index (χ1n) is 6.82. The van der Waals surface area contributed by atoms with Gasteiger partial charge in [0.2, 0.25) is 0 Å². The molecule has 0 radical (unpaired) electrons. The van der Waals surface area contributed by atoms with E-state index in [1.54, 1.807) is 11.4 Å². The minimum Gasteiger partial charge on any atom is -0.432 e. The molecule has 0 saturated heterocycles. The molecule has 2 heterocycles. The highest BCUT2D eigenvalue weighted by Gasteiger charge is 2.21. The fourth-order valence-corrected chi connectivity index (χ4v) is 3.60. The lowest BCUT2D eigenvalue weighted by molar-refractivity contribution is -0.0523. The summed E-state index contributed by atoms with van der Waals surface area (Å²) in [4.78, 5) is 2.47. The van der Waals surface area contributed by atoms with E-state index in [-0.39, 0.29) is 4.90 Å². The molecule has 2 N–H and O–H groups in total. The van der Waals surface area contributed by atoms with Gasteiger partial charge in [0.1, 0.15) is 10.6 Å². The van der Waals surface area contributed by atoms with Crippen molar-refractivity contribution in [2.45, 2.75) is 11.5 Å². The monoisotopic (exact) mass is 407 g/mol. The molecule has 3 rings (SSSR count). The molecule has 0 unspecified atom stereocenters. The molecule has 0 atom stereocenters. The second-order valence-electron chi connectivity index (χ2n) is 4.88. The van der Waals surface area contributed by atoms with Crippen LogP contribution >= 0.6 is 11.5 Å². The Morgan fingerprint density at radius 3 is 2.62 bits per heavy atom. The van der Waals surface area contributed by atoms with Gasteiger partial charge in [-0.05, 0) is 23.7 Å². The summed E-state index contributed by atoms with van der Waals surface area (Å²) in [5.74, 6) is -3.66. The Morgan fingerprint density at radius 1 is 1.19 bits per heavy atom. The summed E-state index contributed by atoms with van der Waals surface area (Å²) in [5, 5.41) is 1.70. The third kappa shape index (κ3) is 3.80. The number of benzene rings is 1. The molecule has 12 heteroatoms. The minimum absolute atomic E-state index is 0.242. The van der Waals surface area contributed by atoms with E-state index in [9.17, 15) is 26.0 Å². The van der Waals surface area contributed by atoms with Gasteiger partial charge in [0.25, 0.3) is 10.0 Å². The average Bonchev–Trinajstić information content (AvgIpc) is 3.22. The van der Waals surface area contributed by atoms with Crippen molar-refractivity contribution in [2.75, 3.05) is 4.72 Å². The number of alkyl halides is 2. The molecule has 0 spiro atoms. The van der Waals surface area contributed by atoms with Crippen LogP contribution in [0.15, 0.2) is 40.7 Å². The van der Waals surface area contributed by atoms with Gasteiger partial charge in [0.15, 0.2) is 17.4 Å². The number of ether oxygens (including phenoxy) is 1. The third-order valence-corrected chi connectivity index (χ3v) is 5.07. The number of aromatic nitrogens is 2. The van der Waals surface area contributed by atoms with Crippen LogP contribution < -0.4 is 9.46 Å². The van der Waals surface area contributed by atoms with E-state index in [4.69, 9.17) is 0 Å². The molecule has 0 aliphatic carbocycles. The second-order valence-corrected chi connectivity index (χ2v) is 7.23. The molecule has 6 nitrogen and oxygen atoms in total. The molecular formula is C14H9F4N3O3S2. The van der Waals surface area contributed by atoms with Gasteiger partial charge in [0.05, 0.1) is 11.4 Å². The molecule has 0 aliphatic rings. The summed E-state index contributed by atoms with van der Waals surface area (Å²) in [7, 11) is -4.26. The third-order valence-electron chi connectivity index (χ3n) is 3.16. The first kappa shape index (κ1) is 18.2. The van der Waals surface area contributed by atoms with Crippen LogP contribution in [0.1, 0.15) is 0 Å². The first-order chi connectivity index (χ1) is 12.3. The maximum Gasteiger partial charge on any atom is 0.387 e. The lowest BCUT2D eigenvalue weighted by Gasteiger charge is -2.11. The highest BCUT2D eigenvalue weighted by molar-refractivity contribution is 7.92. The molecule has 0 bridgehead atoms. The summed E-state index contributed by atoms with van der Waals surface area (Å²) < 4.78 is 86.2. The Balaban J connectivity index is 1.87. The number of nitrogens with zero attached hydrogens (tertiary/aromatic N) is 1. The number of nitrogens with one attached hydrogen (secondary N) is 2. The number of hydrogen-bond acceptors (Lipinski definition) is 5. The van der Waals surface area contributed by atoms with Crippen molar-refractivity contribution in [1.82, 2.24) is 9.36 Å². The fourth-order valence-electron chi connectivity index (χ4n) is 2.03. The minimum atomic E-state index is -4.26. The van der Waals surface area contributed by atoms with E-state index < -0.39 is 39.7 Å². The van der Waals surface area contributed by atoms with Crippen molar-refractivity contribution in [3.05, 3.63) is 47.5 Å². The van der Waals surface area contributed by atoms with E-state index in [0.717, 1.165) is 6.20 Å². The van der Waals surface area contributed by atoms with Crippen molar-refractivity contribution in [3.8, 4) is 17.1 Å². The van der Waals surface area contributed by atoms with Gasteiger partial charge in [-0.3, -0.25) is 4.72 Å². The summed E-state index contributed by atoms with van der Waals surface area (Å²) in [6, 6.07) is 3.67. The van der Waals surface area contributed by atoms with Crippen LogP contribution in [0.4, 0.5) is 23.2 Å². The predicted octanol–water partition coefficient (Wildman–Crippen LogP) is 3.82. The summed E-state index contributed by atoms with van der Waals surface area (Å²) >= 11 is 1.17. The van der Waals surface area contributed by atoms with Crippen molar-refractivity contribution in [1.29, 1.82) is 0 Å². The number of rotatable bonds is 6.